The monoisotopic (exact) mass is 348 g/mol. The van der Waals surface area contributed by atoms with Crippen LogP contribution in [-0.4, -0.2) is 40.5 Å². The summed E-state index contributed by atoms with van der Waals surface area (Å²) in [6.07, 6.45) is 1.27. The molecule has 1 aromatic carbocycles. The van der Waals surface area contributed by atoms with Crippen molar-refractivity contribution < 1.29 is 26.7 Å². The summed E-state index contributed by atoms with van der Waals surface area (Å²) in [6.45, 7) is -0.235. The highest BCUT2D eigenvalue weighted by Gasteiger charge is 2.28. The largest absolute Gasteiger partial charge is 0.481 e. The minimum absolute atomic E-state index is 0.0103. The number of hydrogen-bond acceptors (Lipinski definition) is 5. The lowest BCUT2D eigenvalue weighted by Gasteiger charge is -2.08. The molecule has 10 heteroatoms. The highest BCUT2D eigenvalue weighted by molar-refractivity contribution is 7.90. The van der Waals surface area contributed by atoms with Crippen molar-refractivity contribution in [3.8, 4) is 0 Å². The molecule has 2 rings (SSSR count). The first-order valence-electron chi connectivity index (χ1n) is 6.54. The van der Waals surface area contributed by atoms with Gasteiger partial charge in [0.25, 0.3) is 0 Å². The Bertz CT molecular complexity index is 751. The number of aliphatic carboxylic acids is 1. The molecule has 0 aliphatic heterocycles. The predicted molar refractivity (Wildman–Crippen MR) is 77.2 cm³/mol. The zero-order chi connectivity index (χ0) is 16.4. The molecule has 22 heavy (non-hydrogen) atoms. The van der Waals surface area contributed by atoms with Gasteiger partial charge in [0, 0.05) is 12.6 Å². The summed E-state index contributed by atoms with van der Waals surface area (Å²) in [5.41, 5.74) is 0. The van der Waals surface area contributed by atoms with Crippen LogP contribution >= 0.6 is 0 Å². The number of hydrogen-bond donors (Lipinski definition) is 3. The summed E-state index contributed by atoms with van der Waals surface area (Å²) >= 11 is 0. The van der Waals surface area contributed by atoms with Crippen LogP contribution in [0.3, 0.4) is 0 Å². The van der Waals surface area contributed by atoms with Crippen LogP contribution in [-0.2, 0) is 24.8 Å². The molecule has 0 atom stereocenters. The molecule has 122 valence electrons. The molecule has 0 spiro atoms. The Morgan fingerprint density at radius 1 is 1.05 bits per heavy atom. The standard InChI is InChI=1S/C12H16N2O6S2/c15-12(16)7-8-13-21(17,18)10-3-5-11(6-4-10)22(19,20)14-9-1-2-9/h3-6,9,13-14H,1-2,7-8H2,(H,15,16). The maximum Gasteiger partial charge on any atom is 0.304 e. The summed E-state index contributed by atoms with van der Waals surface area (Å²) in [6, 6.07) is 4.72. The zero-order valence-electron chi connectivity index (χ0n) is 11.5. The Morgan fingerprint density at radius 2 is 1.55 bits per heavy atom. The summed E-state index contributed by atoms with van der Waals surface area (Å²) in [5.74, 6) is -1.12. The highest BCUT2D eigenvalue weighted by atomic mass is 32.2. The molecule has 8 nitrogen and oxygen atoms in total. The van der Waals surface area contributed by atoms with Gasteiger partial charge in [0.1, 0.15) is 0 Å². The topological polar surface area (TPSA) is 130 Å². The molecule has 0 unspecified atom stereocenters. The zero-order valence-corrected chi connectivity index (χ0v) is 13.2. The number of rotatable bonds is 8. The Hall–Kier alpha value is -1.49. The molecule has 1 aromatic rings. The van der Waals surface area contributed by atoms with E-state index in [0.29, 0.717) is 0 Å². The third kappa shape index (κ3) is 4.50. The molecule has 1 aliphatic rings. The van der Waals surface area contributed by atoms with E-state index in [2.05, 4.69) is 9.44 Å². The van der Waals surface area contributed by atoms with Crippen LogP contribution in [0.15, 0.2) is 34.1 Å². The fourth-order valence-electron chi connectivity index (χ4n) is 1.66. The first-order chi connectivity index (χ1) is 10.2. The van der Waals surface area contributed by atoms with Crippen LogP contribution in [0.4, 0.5) is 0 Å². The Kier molecular flexibility index (Phi) is 4.85. The fraction of sp³-hybridized carbons (Fsp3) is 0.417. The van der Waals surface area contributed by atoms with Crippen molar-refractivity contribution in [2.75, 3.05) is 6.54 Å². The number of carboxylic acids is 1. The molecule has 0 heterocycles. The third-order valence-electron chi connectivity index (χ3n) is 2.97. The van der Waals surface area contributed by atoms with Crippen molar-refractivity contribution in [1.82, 2.24) is 9.44 Å². The highest BCUT2D eigenvalue weighted by Crippen LogP contribution is 2.22. The number of sulfonamides is 2. The van der Waals surface area contributed by atoms with Gasteiger partial charge in [-0.1, -0.05) is 0 Å². The van der Waals surface area contributed by atoms with Crippen molar-refractivity contribution in [3.05, 3.63) is 24.3 Å². The van der Waals surface area contributed by atoms with Gasteiger partial charge in [-0.15, -0.1) is 0 Å². The van der Waals surface area contributed by atoms with E-state index in [-0.39, 0.29) is 28.8 Å². The van der Waals surface area contributed by atoms with Gasteiger partial charge in [-0.25, -0.2) is 26.3 Å². The smallest absolute Gasteiger partial charge is 0.304 e. The molecule has 0 radical (unpaired) electrons. The lowest BCUT2D eigenvalue weighted by molar-refractivity contribution is -0.136. The van der Waals surface area contributed by atoms with Crippen molar-refractivity contribution in [3.63, 3.8) is 0 Å². The molecular weight excluding hydrogens is 332 g/mol. The molecule has 0 aromatic heterocycles. The van der Waals surface area contributed by atoms with Crippen LogP contribution in [0.25, 0.3) is 0 Å². The van der Waals surface area contributed by atoms with Gasteiger partial charge in [-0.05, 0) is 37.1 Å². The lowest BCUT2D eigenvalue weighted by Crippen LogP contribution is -2.27. The predicted octanol–water partition coefficient (Wildman–Crippen LogP) is -0.120. The Labute approximate surface area is 128 Å². The van der Waals surface area contributed by atoms with Crippen LogP contribution in [0, 0.1) is 0 Å². The molecular formula is C12H16N2O6S2. The Morgan fingerprint density at radius 3 is 2.00 bits per heavy atom. The van der Waals surface area contributed by atoms with E-state index in [0.717, 1.165) is 12.8 Å². The van der Waals surface area contributed by atoms with E-state index < -0.39 is 26.0 Å². The lowest BCUT2D eigenvalue weighted by atomic mass is 10.4. The van der Waals surface area contributed by atoms with Gasteiger partial charge in [0.15, 0.2) is 0 Å². The molecule has 1 saturated carbocycles. The molecule has 3 N–H and O–H groups in total. The SMILES string of the molecule is O=C(O)CCNS(=O)(=O)c1ccc(S(=O)(=O)NC2CC2)cc1. The first-order valence-corrected chi connectivity index (χ1v) is 9.51. The van der Waals surface area contributed by atoms with E-state index >= 15 is 0 Å². The second-order valence-electron chi connectivity index (χ2n) is 4.91. The normalized spacial score (nSPS) is 15.6. The second-order valence-corrected chi connectivity index (χ2v) is 8.39. The van der Waals surface area contributed by atoms with Gasteiger partial charge >= 0.3 is 5.97 Å². The molecule has 0 saturated heterocycles. The van der Waals surface area contributed by atoms with Gasteiger partial charge in [0.2, 0.25) is 20.0 Å². The number of nitrogens with one attached hydrogen (secondary N) is 2. The van der Waals surface area contributed by atoms with E-state index in [4.69, 9.17) is 5.11 Å². The van der Waals surface area contributed by atoms with E-state index in [1.807, 2.05) is 0 Å². The number of carbonyl (C=O) groups is 1. The van der Waals surface area contributed by atoms with Crippen molar-refractivity contribution in [2.45, 2.75) is 35.1 Å². The van der Waals surface area contributed by atoms with Crippen molar-refractivity contribution >= 4 is 26.0 Å². The third-order valence-corrected chi connectivity index (χ3v) is 5.99. The van der Waals surface area contributed by atoms with E-state index in [9.17, 15) is 21.6 Å². The van der Waals surface area contributed by atoms with Crippen LogP contribution in [0.2, 0.25) is 0 Å². The molecule has 1 aliphatic carbocycles. The van der Waals surface area contributed by atoms with Crippen molar-refractivity contribution in [2.24, 2.45) is 0 Å². The summed E-state index contributed by atoms with van der Waals surface area (Å²) in [5, 5.41) is 8.48. The molecule has 0 bridgehead atoms. The Balaban J connectivity index is 2.08. The van der Waals surface area contributed by atoms with Gasteiger partial charge in [-0.2, -0.15) is 0 Å². The first kappa shape index (κ1) is 16.9. The van der Waals surface area contributed by atoms with Gasteiger partial charge in [0.05, 0.1) is 16.2 Å². The summed E-state index contributed by atoms with van der Waals surface area (Å²) in [7, 11) is -7.49. The van der Waals surface area contributed by atoms with Crippen molar-refractivity contribution in [1.29, 1.82) is 0 Å². The van der Waals surface area contributed by atoms with Gasteiger partial charge < -0.3 is 5.11 Å². The minimum Gasteiger partial charge on any atom is -0.481 e. The van der Waals surface area contributed by atoms with E-state index in [1.54, 1.807) is 0 Å². The maximum atomic E-state index is 11.9. The summed E-state index contributed by atoms with van der Waals surface area (Å²) in [4.78, 5) is 10.2. The van der Waals surface area contributed by atoms with Crippen LogP contribution in [0.1, 0.15) is 19.3 Å². The number of benzene rings is 1. The molecule has 0 amide bonds. The quantitative estimate of drug-likeness (QED) is 0.600. The molecule has 1 fully saturated rings. The van der Waals surface area contributed by atoms with Crippen LogP contribution < -0.4 is 9.44 Å². The van der Waals surface area contributed by atoms with Gasteiger partial charge in [-0.3, -0.25) is 4.79 Å². The number of carboxylic acid groups (broad SMARTS) is 1. The fourth-order valence-corrected chi connectivity index (χ4v) is 4.00. The second kappa shape index (κ2) is 6.32. The average Bonchev–Trinajstić information content (AvgIpc) is 3.21. The minimum atomic E-state index is -3.86. The maximum absolute atomic E-state index is 11.9. The van der Waals surface area contributed by atoms with E-state index in [1.165, 1.54) is 24.3 Å². The van der Waals surface area contributed by atoms with Crippen LogP contribution in [0.5, 0.6) is 0 Å². The average molecular weight is 348 g/mol. The summed E-state index contributed by atoms with van der Waals surface area (Å²) < 4.78 is 52.3.